The first kappa shape index (κ1) is 14.1. The number of H-pyrrole nitrogens is 1. The molecule has 5 nitrogen and oxygen atoms in total. The molecule has 21 heavy (non-hydrogen) atoms. The van der Waals surface area contributed by atoms with E-state index in [1.807, 2.05) is 13.1 Å². The molecule has 3 rings (SSSR count). The minimum Gasteiger partial charge on any atom is -0.379 e. The molecule has 112 valence electrons. The molecule has 2 N–H and O–H groups in total. The van der Waals surface area contributed by atoms with E-state index in [0.717, 1.165) is 30.0 Å². The van der Waals surface area contributed by atoms with Crippen molar-refractivity contribution in [3.63, 3.8) is 0 Å². The normalized spacial score (nSPS) is 24.6. The highest BCUT2D eigenvalue weighted by Crippen LogP contribution is 2.30. The van der Waals surface area contributed by atoms with Gasteiger partial charge in [-0.2, -0.15) is 0 Å². The molecule has 3 atom stereocenters. The lowest BCUT2D eigenvalue weighted by atomic mass is 9.85. The van der Waals surface area contributed by atoms with Crippen LogP contribution in [-0.4, -0.2) is 41.9 Å². The molecule has 5 heteroatoms. The molecule has 2 aromatic rings. The van der Waals surface area contributed by atoms with Gasteiger partial charge in [-0.05, 0) is 31.0 Å². The average molecular weight is 287 g/mol. The van der Waals surface area contributed by atoms with Gasteiger partial charge in [-0.15, -0.1) is 0 Å². The molecule has 0 saturated heterocycles. The second kappa shape index (κ2) is 6.28. The Hall–Kier alpha value is -1.85. The van der Waals surface area contributed by atoms with Crippen LogP contribution >= 0.6 is 0 Å². The Morgan fingerprint density at radius 1 is 1.33 bits per heavy atom. The van der Waals surface area contributed by atoms with Gasteiger partial charge in [0.05, 0.1) is 30.4 Å². The fourth-order valence-electron chi connectivity index (χ4n) is 2.79. The fourth-order valence-corrected chi connectivity index (χ4v) is 2.79. The van der Waals surface area contributed by atoms with Crippen molar-refractivity contribution in [1.29, 1.82) is 0 Å². The van der Waals surface area contributed by atoms with Crippen LogP contribution in [0.1, 0.15) is 13.3 Å². The molecular formula is C16H21N3O2. The SMILES string of the molecule is CCOC1CC(Nc2ccc(-c3cnc[nH]3)cc2)C1OC. The lowest BCUT2D eigenvalue weighted by Gasteiger charge is -2.43. The molecule has 0 bridgehead atoms. The summed E-state index contributed by atoms with van der Waals surface area (Å²) in [6.45, 7) is 2.75. The molecule has 3 unspecified atom stereocenters. The number of methoxy groups -OCH3 is 1. The molecule has 1 aromatic heterocycles. The summed E-state index contributed by atoms with van der Waals surface area (Å²) >= 11 is 0. The summed E-state index contributed by atoms with van der Waals surface area (Å²) in [6.07, 6.45) is 4.82. The van der Waals surface area contributed by atoms with E-state index < -0.39 is 0 Å². The molecule has 1 aliphatic rings. The first-order valence-electron chi connectivity index (χ1n) is 7.31. The van der Waals surface area contributed by atoms with E-state index in [9.17, 15) is 0 Å². The molecule has 0 spiro atoms. The first-order chi connectivity index (χ1) is 10.3. The van der Waals surface area contributed by atoms with Gasteiger partial charge in [0, 0.05) is 19.4 Å². The van der Waals surface area contributed by atoms with Crippen LogP contribution in [0.4, 0.5) is 5.69 Å². The fraction of sp³-hybridized carbons (Fsp3) is 0.438. The highest BCUT2D eigenvalue weighted by atomic mass is 16.5. The van der Waals surface area contributed by atoms with Gasteiger partial charge in [-0.3, -0.25) is 0 Å². The highest BCUT2D eigenvalue weighted by molar-refractivity contribution is 5.62. The van der Waals surface area contributed by atoms with Crippen LogP contribution in [-0.2, 0) is 9.47 Å². The van der Waals surface area contributed by atoms with E-state index >= 15 is 0 Å². The van der Waals surface area contributed by atoms with Gasteiger partial charge in [-0.25, -0.2) is 4.98 Å². The average Bonchev–Trinajstić information content (AvgIpc) is 3.01. The third-order valence-electron chi connectivity index (χ3n) is 3.95. The number of hydrogen-bond donors (Lipinski definition) is 2. The summed E-state index contributed by atoms with van der Waals surface area (Å²) in [5.41, 5.74) is 3.25. The van der Waals surface area contributed by atoms with E-state index in [-0.39, 0.29) is 12.2 Å². The first-order valence-corrected chi connectivity index (χ1v) is 7.31. The summed E-state index contributed by atoms with van der Waals surface area (Å²) in [4.78, 5) is 7.14. The van der Waals surface area contributed by atoms with Gasteiger partial charge in [0.15, 0.2) is 0 Å². The highest BCUT2D eigenvalue weighted by Gasteiger charge is 2.42. The largest absolute Gasteiger partial charge is 0.379 e. The molecule has 1 fully saturated rings. The smallest absolute Gasteiger partial charge is 0.103 e. The molecule has 0 amide bonds. The van der Waals surface area contributed by atoms with Crippen molar-refractivity contribution >= 4 is 5.69 Å². The molecule has 1 heterocycles. The maximum absolute atomic E-state index is 5.64. The standard InChI is InChI=1S/C16H21N3O2/c1-3-21-15-8-13(16(15)20-2)19-12-6-4-11(5-7-12)14-9-17-10-18-14/h4-7,9-10,13,15-16,19H,3,8H2,1-2H3,(H,17,18). The second-order valence-corrected chi connectivity index (χ2v) is 5.22. The summed E-state index contributed by atoms with van der Waals surface area (Å²) in [6, 6.07) is 8.63. The van der Waals surface area contributed by atoms with E-state index in [1.54, 1.807) is 13.4 Å². The van der Waals surface area contributed by atoms with Crippen LogP contribution in [0.3, 0.4) is 0 Å². The van der Waals surface area contributed by atoms with Crippen molar-refractivity contribution in [1.82, 2.24) is 9.97 Å². The monoisotopic (exact) mass is 287 g/mol. The summed E-state index contributed by atoms with van der Waals surface area (Å²) in [5.74, 6) is 0. The van der Waals surface area contributed by atoms with Crippen LogP contribution in [0, 0.1) is 0 Å². The van der Waals surface area contributed by atoms with Gasteiger partial charge >= 0.3 is 0 Å². The quantitative estimate of drug-likeness (QED) is 0.857. The zero-order chi connectivity index (χ0) is 14.7. The summed E-state index contributed by atoms with van der Waals surface area (Å²) < 4.78 is 11.2. The zero-order valence-electron chi connectivity index (χ0n) is 12.4. The second-order valence-electron chi connectivity index (χ2n) is 5.22. The van der Waals surface area contributed by atoms with E-state index in [0.29, 0.717) is 6.04 Å². The van der Waals surface area contributed by atoms with Crippen LogP contribution in [0.2, 0.25) is 0 Å². The molecule has 1 aromatic carbocycles. The molecule has 0 aliphatic heterocycles. The maximum atomic E-state index is 5.64. The number of nitrogens with one attached hydrogen (secondary N) is 2. The lowest BCUT2D eigenvalue weighted by Crippen LogP contribution is -2.56. The van der Waals surface area contributed by atoms with Gasteiger partial charge in [-0.1, -0.05) is 12.1 Å². The predicted molar refractivity (Wildman–Crippen MR) is 82.3 cm³/mol. The van der Waals surface area contributed by atoms with E-state index in [2.05, 4.69) is 39.6 Å². The Morgan fingerprint density at radius 3 is 2.76 bits per heavy atom. The van der Waals surface area contributed by atoms with Gasteiger partial charge in [0.2, 0.25) is 0 Å². The Kier molecular flexibility index (Phi) is 4.22. The third kappa shape index (κ3) is 2.94. The number of hydrogen-bond acceptors (Lipinski definition) is 4. The predicted octanol–water partition coefficient (Wildman–Crippen LogP) is 2.68. The van der Waals surface area contributed by atoms with Crippen molar-refractivity contribution in [3.8, 4) is 11.3 Å². The number of benzene rings is 1. The summed E-state index contributed by atoms with van der Waals surface area (Å²) in [5, 5.41) is 3.51. The van der Waals surface area contributed by atoms with Crippen LogP contribution in [0.25, 0.3) is 11.3 Å². The van der Waals surface area contributed by atoms with Gasteiger partial charge in [0.1, 0.15) is 6.10 Å². The van der Waals surface area contributed by atoms with Crippen LogP contribution in [0.5, 0.6) is 0 Å². The summed E-state index contributed by atoms with van der Waals surface area (Å²) in [7, 11) is 1.74. The third-order valence-corrected chi connectivity index (χ3v) is 3.95. The molecule has 0 radical (unpaired) electrons. The van der Waals surface area contributed by atoms with Crippen molar-refractivity contribution in [3.05, 3.63) is 36.8 Å². The van der Waals surface area contributed by atoms with Gasteiger partial charge < -0.3 is 19.8 Å². The van der Waals surface area contributed by atoms with Crippen molar-refractivity contribution in [2.75, 3.05) is 19.0 Å². The van der Waals surface area contributed by atoms with Crippen molar-refractivity contribution < 1.29 is 9.47 Å². The topological polar surface area (TPSA) is 59.2 Å². The number of aromatic nitrogens is 2. The Balaban J connectivity index is 1.61. The molecule has 1 saturated carbocycles. The Bertz CT molecular complexity index is 553. The molecule has 1 aliphatic carbocycles. The van der Waals surface area contributed by atoms with Gasteiger partial charge in [0.25, 0.3) is 0 Å². The Morgan fingerprint density at radius 2 is 2.14 bits per heavy atom. The van der Waals surface area contributed by atoms with Crippen LogP contribution < -0.4 is 5.32 Å². The van der Waals surface area contributed by atoms with Crippen molar-refractivity contribution in [2.24, 2.45) is 0 Å². The van der Waals surface area contributed by atoms with Crippen molar-refractivity contribution in [2.45, 2.75) is 31.6 Å². The number of aromatic amines is 1. The Labute approximate surface area is 124 Å². The zero-order valence-corrected chi connectivity index (χ0v) is 12.4. The lowest BCUT2D eigenvalue weighted by molar-refractivity contribution is -0.118. The maximum Gasteiger partial charge on any atom is 0.103 e. The number of rotatable bonds is 6. The minimum absolute atomic E-state index is 0.122. The number of anilines is 1. The van der Waals surface area contributed by atoms with Crippen LogP contribution in [0.15, 0.2) is 36.8 Å². The number of nitrogens with zero attached hydrogens (tertiary/aromatic N) is 1. The minimum atomic E-state index is 0.122. The van der Waals surface area contributed by atoms with E-state index in [4.69, 9.17) is 9.47 Å². The molecular weight excluding hydrogens is 266 g/mol. The number of ether oxygens (including phenoxy) is 2. The number of imidazole rings is 1. The van der Waals surface area contributed by atoms with E-state index in [1.165, 1.54) is 0 Å².